The summed E-state index contributed by atoms with van der Waals surface area (Å²) in [6.07, 6.45) is 5.51. The molecule has 0 aromatic carbocycles. The summed E-state index contributed by atoms with van der Waals surface area (Å²) >= 11 is 0. The number of hydrogen-bond donors (Lipinski definition) is 1. The van der Waals surface area contributed by atoms with Crippen LogP contribution in [-0.2, 0) is 11.2 Å². The van der Waals surface area contributed by atoms with Crippen LogP contribution < -0.4 is 5.73 Å². The van der Waals surface area contributed by atoms with Crippen LogP contribution in [0.15, 0.2) is 4.52 Å². The van der Waals surface area contributed by atoms with E-state index in [-0.39, 0.29) is 11.5 Å². The van der Waals surface area contributed by atoms with Crippen LogP contribution >= 0.6 is 0 Å². The van der Waals surface area contributed by atoms with Crippen LogP contribution in [-0.4, -0.2) is 47.8 Å². The van der Waals surface area contributed by atoms with Gasteiger partial charge in [0.2, 0.25) is 11.7 Å². The molecule has 2 heterocycles. The smallest absolute Gasteiger partial charge is 0.227 e. The number of hydrogen-bond acceptors (Lipinski definition) is 6. The largest absolute Gasteiger partial charge is 0.367 e. The number of aromatic nitrogens is 2. The van der Waals surface area contributed by atoms with Crippen LogP contribution in [0.3, 0.4) is 0 Å². The Bertz CT molecular complexity index is 451. The molecule has 1 aromatic rings. The molecule has 6 heteroatoms. The van der Waals surface area contributed by atoms with Crippen molar-refractivity contribution in [2.24, 2.45) is 11.1 Å². The molecule has 1 aliphatic carbocycles. The van der Waals surface area contributed by atoms with Gasteiger partial charge in [0, 0.05) is 19.5 Å². The molecule has 2 fully saturated rings. The highest BCUT2D eigenvalue weighted by atomic mass is 16.5. The first kappa shape index (κ1) is 14.9. The van der Waals surface area contributed by atoms with Crippen LogP contribution in [0.25, 0.3) is 0 Å². The highest BCUT2D eigenvalue weighted by Crippen LogP contribution is 2.42. The second-order valence-corrected chi connectivity index (χ2v) is 6.44. The molecule has 1 saturated carbocycles. The minimum atomic E-state index is -0.0574. The molecule has 2 aliphatic rings. The van der Waals surface area contributed by atoms with E-state index in [4.69, 9.17) is 15.0 Å². The summed E-state index contributed by atoms with van der Waals surface area (Å²) in [6.45, 7) is 6.58. The second-order valence-electron chi connectivity index (χ2n) is 6.44. The van der Waals surface area contributed by atoms with Gasteiger partial charge in [-0.25, -0.2) is 0 Å². The summed E-state index contributed by atoms with van der Waals surface area (Å²) in [6, 6.07) is 0. The van der Waals surface area contributed by atoms with E-state index in [0.29, 0.717) is 18.3 Å². The summed E-state index contributed by atoms with van der Waals surface area (Å²) in [5.41, 5.74) is 6.10. The first-order chi connectivity index (χ1) is 10.2. The van der Waals surface area contributed by atoms with Gasteiger partial charge in [0.1, 0.15) is 6.10 Å². The van der Waals surface area contributed by atoms with E-state index in [1.165, 1.54) is 19.3 Å². The Morgan fingerprint density at radius 1 is 1.43 bits per heavy atom. The van der Waals surface area contributed by atoms with Crippen molar-refractivity contribution in [3.8, 4) is 0 Å². The molecule has 1 aliphatic heterocycles. The molecule has 0 bridgehead atoms. The van der Waals surface area contributed by atoms with Crippen molar-refractivity contribution in [2.45, 2.75) is 45.1 Å². The van der Waals surface area contributed by atoms with Gasteiger partial charge in [-0.15, -0.1) is 0 Å². The number of nitrogens with zero attached hydrogens (tertiary/aromatic N) is 3. The first-order valence-corrected chi connectivity index (χ1v) is 8.11. The molecule has 3 rings (SSSR count). The van der Waals surface area contributed by atoms with Crippen LogP contribution in [0, 0.1) is 5.41 Å². The van der Waals surface area contributed by atoms with Gasteiger partial charge in [-0.05, 0) is 37.8 Å². The van der Waals surface area contributed by atoms with E-state index in [1.807, 2.05) is 0 Å². The van der Waals surface area contributed by atoms with Gasteiger partial charge in [-0.3, -0.25) is 4.90 Å². The van der Waals surface area contributed by atoms with E-state index in [1.54, 1.807) is 0 Å². The SMILES string of the molecule is CCCN1CCOC(c2noc(CC3(CN)CCC3)n2)C1. The third-order valence-corrected chi connectivity index (χ3v) is 4.84. The minimum absolute atomic E-state index is 0.0574. The predicted molar refractivity (Wildman–Crippen MR) is 78.8 cm³/mol. The molecule has 118 valence electrons. The second kappa shape index (κ2) is 6.42. The molecule has 2 N–H and O–H groups in total. The van der Waals surface area contributed by atoms with E-state index >= 15 is 0 Å². The summed E-state index contributed by atoms with van der Waals surface area (Å²) < 4.78 is 11.2. The van der Waals surface area contributed by atoms with Gasteiger partial charge >= 0.3 is 0 Å². The zero-order valence-corrected chi connectivity index (χ0v) is 12.9. The van der Waals surface area contributed by atoms with Crippen molar-refractivity contribution >= 4 is 0 Å². The van der Waals surface area contributed by atoms with Gasteiger partial charge in [0.05, 0.1) is 6.61 Å². The molecule has 6 nitrogen and oxygen atoms in total. The summed E-state index contributed by atoms with van der Waals surface area (Å²) in [4.78, 5) is 6.96. The Hall–Kier alpha value is -0.980. The van der Waals surface area contributed by atoms with E-state index in [2.05, 4.69) is 22.0 Å². The maximum absolute atomic E-state index is 5.90. The van der Waals surface area contributed by atoms with Crippen molar-refractivity contribution in [2.75, 3.05) is 32.8 Å². The fourth-order valence-electron chi connectivity index (χ4n) is 3.30. The number of nitrogens with two attached hydrogens (primary N) is 1. The van der Waals surface area contributed by atoms with Crippen LogP contribution in [0.2, 0.25) is 0 Å². The molecule has 1 aromatic heterocycles. The van der Waals surface area contributed by atoms with E-state index < -0.39 is 0 Å². The number of rotatable bonds is 6. The topological polar surface area (TPSA) is 77.4 Å². The maximum atomic E-state index is 5.90. The van der Waals surface area contributed by atoms with Crippen molar-refractivity contribution in [1.29, 1.82) is 0 Å². The standard InChI is InChI=1S/C15H26N4O2/c1-2-6-19-7-8-20-12(10-19)14-17-13(21-18-14)9-15(11-16)4-3-5-15/h12H,2-11,16H2,1H3. The highest BCUT2D eigenvalue weighted by molar-refractivity contribution is 5.00. The van der Waals surface area contributed by atoms with Crippen LogP contribution in [0.4, 0.5) is 0 Å². The fraction of sp³-hybridized carbons (Fsp3) is 0.867. The maximum Gasteiger partial charge on any atom is 0.227 e. The lowest BCUT2D eigenvalue weighted by atomic mass is 9.67. The first-order valence-electron chi connectivity index (χ1n) is 8.11. The zero-order chi connectivity index (χ0) is 14.7. The predicted octanol–water partition coefficient (Wildman–Crippen LogP) is 1.52. The van der Waals surface area contributed by atoms with Gasteiger partial charge in [-0.1, -0.05) is 18.5 Å². The van der Waals surface area contributed by atoms with Crippen molar-refractivity contribution in [3.05, 3.63) is 11.7 Å². The van der Waals surface area contributed by atoms with Gasteiger partial charge in [0.25, 0.3) is 0 Å². The fourth-order valence-corrected chi connectivity index (χ4v) is 3.30. The van der Waals surface area contributed by atoms with E-state index in [9.17, 15) is 0 Å². The Morgan fingerprint density at radius 2 is 2.29 bits per heavy atom. The monoisotopic (exact) mass is 294 g/mol. The molecule has 0 radical (unpaired) electrons. The average molecular weight is 294 g/mol. The Morgan fingerprint density at radius 3 is 2.95 bits per heavy atom. The molecular weight excluding hydrogens is 268 g/mol. The molecule has 0 amide bonds. The third-order valence-electron chi connectivity index (χ3n) is 4.84. The quantitative estimate of drug-likeness (QED) is 0.857. The van der Waals surface area contributed by atoms with Gasteiger partial charge < -0.3 is 15.0 Å². The lowest BCUT2D eigenvalue weighted by Gasteiger charge is -2.39. The normalized spacial score (nSPS) is 25.7. The Kier molecular flexibility index (Phi) is 4.57. The molecule has 0 spiro atoms. The van der Waals surface area contributed by atoms with Crippen LogP contribution in [0.5, 0.6) is 0 Å². The van der Waals surface area contributed by atoms with Crippen molar-refractivity contribution in [3.63, 3.8) is 0 Å². The number of ether oxygens (including phenoxy) is 1. The van der Waals surface area contributed by atoms with Gasteiger partial charge in [-0.2, -0.15) is 4.98 Å². The average Bonchev–Trinajstić information content (AvgIpc) is 2.92. The molecule has 1 saturated heterocycles. The molecule has 1 atom stereocenters. The van der Waals surface area contributed by atoms with Crippen molar-refractivity contribution < 1.29 is 9.26 Å². The molecular formula is C15H26N4O2. The third kappa shape index (κ3) is 3.27. The van der Waals surface area contributed by atoms with Crippen LogP contribution in [0.1, 0.15) is 50.4 Å². The minimum Gasteiger partial charge on any atom is -0.367 e. The highest BCUT2D eigenvalue weighted by Gasteiger charge is 2.37. The lowest BCUT2D eigenvalue weighted by molar-refractivity contribution is -0.0350. The zero-order valence-electron chi connectivity index (χ0n) is 12.9. The number of morpholine rings is 1. The lowest BCUT2D eigenvalue weighted by Crippen LogP contribution is -2.39. The van der Waals surface area contributed by atoms with E-state index in [0.717, 1.165) is 39.1 Å². The van der Waals surface area contributed by atoms with Crippen molar-refractivity contribution in [1.82, 2.24) is 15.0 Å². The Balaban J connectivity index is 1.61. The van der Waals surface area contributed by atoms with Gasteiger partial charge in [0.15, 0.2) is 0 Å². The molecule has 1 unspecified atom stereocenters. The molecule has 21 heavy (non-hydrogen) atoms. The summed E-state index contributed by atoms with van der Waals surface area (Å²) in [5.74, 6) is 1.41. The summed E-state index contributed by atoms with van der Waals surface area (Å²) in [5, 5.41) is 4.13. The Labute approximate surface area is 126 Å². The summed E-state index contributed by atoms with van der Waals surface area (Å²) in [7, 11) is 0.